The molecular formula is C44H82Si6. The van der Waals surface area contributed by atoms with E-state index in [-0.39, 0.29) is 0 Å². The van der Waals surface area contributed by atoms with Crippen molar-refractivity contribution in [2.75, 3.05) is 0 Å². The van der Waals surface area contributed by atoms with Crippen LogP contribution in [0.3, 0.4) is 0 Å². The van der Waals surface area contributed by atoms with Gasteiger partial charge in [-0.25, -0.2) is 0 Å². The van der Waals surface area contributed by atoms with Crippen LogP contribution >= 0.6 is 0 Å². The number of hydrogen-bond donors (Lipinski definition) is 0. The van der Waals surface area contributed by atoms with Crippen LogP contribution in [-0.2, 0) is 0 Å². The maximum absolute atomic E-state index is 2.89. The Balaban J connectivity index is 3.13. The molecule has 0 radical (unpaired) electrons. The van der Waals surface area contributed by atoms with Crippen molar-refractivity contribution < 1.29 is 0 Å². The molecular weight excluding hydrogens is 697 g/mol. The molecule has 0 aliphatic heterocycles. The molecule has 0 saturated carbocycles. The molecule has 0 aliphatic rings. The molecule has 0 atom stereocenters. The zero-order valence-electron chi connectivity index (χ0n) is 37.8. The Morgan fingerprint density at radius 1 is 0.320 bits per heavy atom. The summed E-state index contributed by atoms with van der Waals surface area (Å²) in [6, 6.07) is 11.2. The highest BCUT2D eigenvalue weighted by Gasteiger charge is 2.51. The molecule has 0 spiro atoms. The smallest absolute Gasteiger partial charge is 0.0656 e. The van der Waals surface area contributed by atoms with Gasteiger partial charge in [0.2, 0.25) is 0 Å². The van der Waals surface area contributed by atoms with Crippen molar-refractivity contribution in [3.63, 3.8) is 0 Å². The van der Waals surface area contributed by atoms with Gasteiger partial charge in [0.15, 0.2) is 0 Å². The van der Waals surface area contributed by atoms with E-state index in [0.29, 0.717) is 33.2 Å². The van der Waals surface area contributed by atoms with Crippen molar-refractivity contribution in [2.45, 2.75) is 195 Å². The minimum atomic E-state index is -2.12. The van der Waals surface area contributed by atoms with Crippen molar-refractivity contribution >= 4 is 101 Å². The lowest BCUT2D eigenvalue weighted by Crippen LogP contribution is -2.71. The predicted molar refractivity (Wildman–Crippen MR) is 255 cm³/mol. The minimum absolute atomic E-state index is 0.656. The first-order chi connectivity index (χ1) is 22.3. The van der Waals surface area contributed by atoms with Gasteiger partial charge < -0.3 is 0 Å². The third-order valence-corrected chi connectivity index (χ3v) is 36.1. The van der Waals surface area contributed by atoms with Gasteiger partial charge in [0.05, 0.1) is 48.4 Å². The molecule has 0 aromatic heterocycles. The highest BCUT2D eigenvalue weighted by molar-refractivity contribution is 7.08. The van der Waals surface area contributed by atoms with Crippen LogP contribution in [0.4, 0.5) is 0 Å². The molecule has 0 aliphatic carbocycles. The molecule has 3 aromatic rings. The summed E-state index contributed by atoms with van der Waals surface area (Å²) < 4.78 is 0. The fourth-order valence-corrected chi connectivity index (χ4v) is 38.8. The van der Waals surface area contributed by atoms with Gasteiger partial charge in [-0.15, -0.1) is 0 Å². The standard InChI is InChI=1S/C44H82Si6/c1-29(2)49(30(3)4,31(5)6)40-27-36-25-35-26-38(45(13,14)15)39(46(16,17)18)28-37(35)42(50(32(7)8,33(9)10)34(11)12)41(36)44(48(22,23)24)43(40)47(19,20)21/h25-34H,1-24H3. The Morgan fingerprint density at radius 3 is 0.980 bits per heavy atom. The van der Waals surface area contributed by atoms with Crippen LogP contribution in [0, 0.1) is 0 Å². The molecule has 0 nitrogen and oxygen atoms in total. The molecule has 0 amide bonds. The van der Waals surface area contributed by atoms with Gasteiger partial charge in [0.1, 0.15) is 0 Å². The van der Waals surface area contributed by atoms with Crippen molar-refractivity contribution in [2.24, 2.45) is 0 Å². The molecule has 282 valence electrons. The maximum Gasteiger partial charge on any atom is 0.0958 e. The second kappa shape index (κ2) is 14.3. The summed E-state index contributed by atoms with van der Waals surface area (Å²) in [5.74, 6) is 0. The summed E-state index contributed by atoms with van der Waals surface area (Å²) in [7, 11) is -11.0. The third-order valence-electron chi connectivity index (χ3n) is 13.1. The van der Waals surface area contributed by atoms with Crippen molar-refractivity contribution in [1.82, 2.24) is 0 Å². The first kappa shape index (κ1) is 43.9. The molecule has 0 unspecified atom stereocenters. The Hall–Kier alpha value is -0.519. The average molecular weight is 780 g/mol. The molecule has 50 heavy (non-hydrogen) atoms. The Bertz CT molecular complexity index is 1650. The van der Waals surface area contributed by atoms with Crippen LogP contribution in [0.5, 0.6) is 0 Å². The van der Waals surface area contributed by atoms with E-state index in [1.165, 1.54) is 0 Å². The van der Waals surface area contributed by atoms with E-state index >= 15 is 0 Å². The van der Waals surface area contributed by atoms with Crippen LogP contribution in [0.1, 0.15) is 83.1 Å². The highest BCUT2D eigenvalue weighted by atomic mass is 28.3. The molecule has 3 rings (SSSR count). The number of hydrogen-bond acceptors (Lipinski definition) is 0. The summed E-state index contributed by atoms with van der Waals surface area (Å²) in [6.45, 7) is 63.0. The van der Waals surface area contributed by atoms with Crippen molar-refractivity contribution in [3.8, 4) is 0 Å². The zero-order chi connectivity index (χ0) is 39.1. The summed E-state index contributed by atoms with van der Waals surface area (Å²) in [5.41, 5.74) is 4.04. The van der Waals surface area contributed by atoms with Gasteiger partial charge in [-0.1, -0.05) is 206 Å². The fourth-order valence-electron chi connectivity index (χ4n) is 11.7. The van der Waals surface area contributed by atoms with Crippen LogP contribution in [0.25, 0.3) is 21.5 Å². The molecule has 0 fully saturated rings. The van der Waals surface area contributed by atoms with Crippen molar-refractivity contribution in [3.05, 3.63) is 24.3 Å². The van der Waals surface area contributed by atoms with Crippen molar-refractivity contribution in [1.29, 1.82) is 0 Å². The largest absolute Gasteiger partial charge is 0.0958 e. The first-order valence-corrected chi connectivity index (χ1v) is 38.9. The normalized spacial score (nSPS) is 14.7. The van der Waals surface area contributed by atoms with E-state index in [1.807, 2.05) is 20.7 Å². The SMILES string of the molecule is CC(C)[Si](c1cc2cc3cc([Si](C)(C)C)c([Si](C)(C)C)cc3c([Si](C(C)C)(C(C)C)C(C)C)c2c([Si](C)(C)C)c1[Si](C)(C)C)(C(C)C)C(C)C. The monoisotopic (exact) mass is 779 g/mol. The maximum atomic E-state index is 2.89. The van der Waals surface area contributed by atoms with Gasteiger partial charge in [0, 0.05) is 0 Å². The third kappa shape index (κ3) is 7.19. The van der Waals surface area contributed by atoms with E-state index in [9.17, 15) is 0 Å². The van der Waals surface area contributed by atoms with E-state index in [2.05, 4.69) is 186 Å². The predicted octanol–water partition coefficient (Wildman–Crippen LogP) is 11.9. The van der Waals surface area contributed by atoms with Crippen LogP contribution in [0.2, 0.25) is 112 Å². The van der Waals surface area contributed by atoms with E-state index in [0.717, 1.165) is 0 Å². The quantitative estimate of drug-likeness (QED) is 0.127. The van der Waals surface area contributed by atoms with Gasteiger partial charge in [-0.2, -0.15) is 0 Å². The Morgan fingerprint density at radius 2 is 0.660 bits per heavy atom. The molecule has 0 saturated heterocycles. The minimum Gasteiger partial charge on any atom is -0.0656 e. The summed E-state index contributed by atoms with van der Waals surface area (Å²) in [5, 5.41) is 17.5. The lowest BCUT2D eigenvalue weighted by molar-refractivity contribution is 0.836. The Kier molecular flexibility index (Phi) is 12.5. The van der Waals surface area contributed by atoms with Crippen LogP contribution < -0.4 is 31.1 Å². The summed E-state index contributed by atoms with van der Waals surface area (Å²) in [6.07, 6.45) is 0. The summed E-state index contributed by atoms with van der Waals surface area (Å²) >= 11 is 0. The zero-order valence-corrected chi connectivity index (χ0v) is 43.8. The topological polar surface area (TPSA) is 0 Å². The van der Waals surface area contributed by atoms with E-state index < -0.39 is 48.4 Å². The number of fused-ring (bicyclic) bond motifs is 2. The fraction of sp³-hybridized carbons (Fsp3) is 0.682. The number of rotatable bonds is 12. The Labute approximate surface area is 318 Å². The second-order valence-corrected chi connectivity index (χ2v) is 54.2. The molecule has 0 N–H and O–H groups in total. The van der Waals surface area contributed by atoms with E-state index in [1.54, 1.807) is 31.9 Å². The van der Waals surface area contributed by atoms with Gasteiger partial charge in [-0.05, 0) is 66.0 Å². The van der Waals surface area contributed by atoms with E-state index in [4.69, 9.17) is 0 Å². The molecule has 6 heteroatoms. The van der Waals surface area contributed by atoms with Gasteiger partial charge >= 0.3 is 0 Å². The summed E-state index contributed by atoms with van der Waals surface area (Å²) in [4.78, 5) is 0. The second-order valence-electron chi connectivity index (χ2n) is 22.4. The number of benzene rings is 3. The lowest BCUT2D eigenvalue weighted by Gasteiger charge is -2.49. The lowest BCUT2D eigenvalue weighted by atomic mass is 10.0. The molecule has 0 heterocycles. The first-order valence-electron chi connectivity index (χ1n) is 20.5. The highest BCUT2D eigenvalue weighted by Crippen LogP contribution is 2.45. The average Bonchev–Trinajstić information content (AvgIpc) is 2.88. The van der Waals surface area contributed by atoms with Crippen LogP contribution in [-0.4, -0.2) is 48.4 Å². The van der Waals surface area contributed by atoms with Crippen LogP contribution in [0.15, 0.2) is 24.3 Å². The van der Waals surface area contributed by atoms with Gasteiger partial charge in [-0.3, -0.25) is 0 Å². The molecule has 0 bridgehead atoms. The molecule has 3 aromatic carbocycles. The van der Waals surface area contributed by atoms with Gasteiger partial charge in [0.25, 0.3) is 0 Å².